The molecule has 6 atom stereocenters. The second-order valence-corrected chi connectivity index (χ2v) is 10.3. The molecule has 5 nitrogen and oxygen atoms in total. The van der Waals surface area contributed by atoms with E-state index in [0.29, 0.717) is 12.6 Å². The van der Waals surface area contributed by atoms with Crippen LogP contribution in [-0.2, 0) is 21.4 Å². The first kappa shape index (κ1) is 19.8. The molecule has 4 aliphatic carbocycles. The molecule has 1 saturated heterocycles. The maximum atomic E-state index is 12.9. The fraction of sp³-hybridized carbons (Fsp3) is 0.654. The summed E-state index contributed by atoms with van der Waals surface area (Å²) in [5.74, 6) is 1.79. The molecular formula is C26H33NO4. The van der Waals surface area contributed by atoms with E-state index in [0.717, 1.165) is 50.1 Å². The fourth-order valence-corrected chi connectivity index (χ4v) is 7.95. The summed E-state index contributed by atoms with van der Waals surface area (Å²) in [6, 6.07) is 4.73. The number of methoxy groups -OCH3 is 1. The van der Waals surface area contributed by atoms with Crippen LogP contribution in [0.1, 0.15) is 50.7 Å². The molecule has 2 aliphatic heterocycles. The van der Waals surface area contributed by atoms with E-state index in [-0.39, 0.29) is 28.6 Å². The SMILES string of the molecule is CCCCOc1ccc2c3c1O[C@H]1[C@@]4(OC)C=C[C@@]5(C[C@@H]4C(C)=O)[C@@H](C2)N(C)CC[C@]315. The van der Waals surface area contributed by atoms with E-state index < -0.39 is 5.60 Å². The van der Waals surface area contributed by atoms with Crippen LogP contribution in [0.25, 0.3) is 0 Å². The molecule has 6 aliphatic rings. The minimum absolute atomic E-state index is 0.110. The molecule has 0 amide bonds. The highest BCUT2D eigenvalue weighted by molar-refractivity contribution is 5.82. The third-order valence-electron chi connectivity index (χ3n) is 9.30. The lowest BCUT2D eigenvalue weighted by molar-refractivity contribution is -0.212. The zero-order chi connectivity index (χ0) is 21.6. The summed E-state index contributed by atoms with van der Waals surface area (Å²) >= 11 is 0. The molecule has 7 rings (SSSR count). The monoisotopic (exact) mass is 423 g/mol. The molecule has 2 heterocycles. The van der Waals surface area contributed by atoms with E-state index in [4.69, 9.17) is 14.2 Å². The van der Waals surface area contributed by atoms with E-state index in [1.54, 1.807) is 14.0 Å². The lowest BCUT2D eigenvalue weighted by atomic mass is 9.37. The van der Waals surface area contributed by atoms with Gasteiger partial charge in [0.15, 0.2) is 11.5 Å². The Morgan fingerprint density at radius 2 is 2.16 bits per heavy atom. The summed E-state index contributed by atoms with van der Waals surface area (Å²) < 4.78 is 19.4. The highest BCUT2D eigenvalue weighted by Gasteiger charge is 2.79. The van der Waals surface area contributed by atoms with Crippen molar-refractivity contribution in [2.45, 2.75) is 69.1 Å². The molecule has 31 heavy (non-hydrogen) atoms. The van der Waals surface area contributed by atoms with Gasteiger partial charge in [-0.1, -0.05) is 31.6 Å². The predicted octanol–water partition coefficient (Wildman–Crippen LogP) is 3.67. The Labute approximate surface area is 184 Å². The van der Waals surface area contributed by atoms with E-state index >= 15 is 0 Å². The van der Waals surface area contributed by atoms with Gasteiger partial charge in [0, 0.05) is 24.1 Å². The second-order valence-electron chi connectivity index (χ2n) is 10.3. The van der Waals surface area contributed by atoms with Gasteiger partial charge >= 0.3 is 0 Å². The van der Waals surface area contributed by atoms with Crippen molar-refractivity contribution >= 4 is 5.78 Å². The van der Waals surface area contributed by atoms with E-state index in [9.17, 15) is 4.79 Å². The molecular weight excluding hydrogens is 390 g/mol. The van der Waals surface area contributed by atoms with Crippen LogP contribution in [0.4, 0.5) is 0 Å². The number of fused-ring (bicyclic) bond motifs is 1. The van der Waals surface area contributed by atoms with Gasteiger partial charge in [-0.25, -0.2) is 0 Å². The zero-order valence-corrected chi connectivity index (χ0v) is 19.1. The Bertz CT molecular complexity index is 988. The number of likely N-dealkylation sites (tertiary alicyclic amines) is 1. The maximum Gasteiger partial charge on any atom is 0.166 e. The lowest BCUT2D eigenvalue weighted by Crippen LogP contribution is -2.79. The maximum absolute atomic E-state index is 12.9. The molecule has 0 N–H and O–H groups in total. The van der Waals surface area contributed by atoms with E-state index in [1.165, 1.54) is 11.1 Å². The molecule has 1 saturated carbocycles. The van der Waals surface area contributed by atoms with E-state index in [2.05, 4.69) is 43.2 Å². The number of hydrogen-bond acceptors (Lipinski definition) is 5. The first-order valence-corrected chi connectivity index (χ1v) is 11.9. The Morgan fingerprint density at radius 3 is 2.90 bits per heavy atom. The standard InChI is InChI=1S/C26H33NO4/c1-5-6-13-30-19-8-7-17-14-20-24-9-10-26(29-4,18(15-24)16(2)28)23-25(24,11-12-27(20)3)21(17)22(19)31-23/h7-10,18,20,23H,5-6,11-15H2,1-4H3/t18-,20-,23-,24-,25+,26-/m1/s1. The van der Waals surface area contributed by atoms with Gasteiger partial charge in [0.25, 0.3) is 0 Å². The van der Waals surface area contributed by atoms with Crippen LogP contribution >= 0.6 is 0 Å². The number of ketones is 1. The normalized spacial score (nSPS) is 41.1. The number of rotatable bonds is 6. The molecule has 4 bridgehead atoms. The molecule has 0 radical (unpaired) electrons. The summed E-state index contributed by atoms with van der Waals surface area (Å²) in [7, 11) is 3.99. The third-order valence-corrected chi connectivity index (χ3v) is 9.30. The molecule has 2 spiro atoms. The molecule has 166 valence electrons. The number of hydrogen-bond donors (Lipinski definition) is 0. The quantitative estimate of drug-likeness (QED) is 0.516. The average Bonchev–Trinajstić information content (AvgIpc) is 3.14. The van der Waals surface area contributed by atoms with Crippen molar-refractivity contribution in [2.75, 3.05) is 27.3 Å². The number of carbonyl (C=O) groups is 1. The van der Waals surface area contributed by atoms with Crippen LogP contribution in [0.3, 0.4) is 0 Å². The molecule has 2 fully saturated rings. The van der Waals surface area contributed by atoms with Gasteiger partial charge in [-0.3, -0.25) is 4.79 Å². The van der Waals surface area contributed by atoms with Gasteiger partial charge < -0.3 is 19.1 Å². The highest BCUT2D eigenvalue weighted by atomic mass is 16.6. The van der Waals surface area contributed by atoms with Crippen LogP contribution in [0.5, 0.6) is 11.5 Å². The fourth-order valence-electron chi connectivity index (χ4n) is 7.95. The Morgan fingerprint density at radius 1 is 1.32 bits per heavy atom. The minimum Gasteiger partial charge on any atom is -0.490 e. The van der Waals surface area contributed by atoms with Crippen molar-refractivity contribution < 1.29 is 19.0 Å². The number of piperidine rings is 1. The number of likely N-dealkylation sites (N-methyl/N-ethyl adjacent to an activating group) is 1. The number of unbranched alkanes of at least 4 members (excludes halogenated alkanes) is 1. The van der Waals surface area contributed by atoms with Gasteiger partial charge in [-0.15, -0.1) is 0 Å². The molecule has 0 unspecified atom stereocenters. The smallest absolute Gasteiger partial charge is 0.166 e. The summed E-state index contributed by atoms with van der Waals surface area (Å²) in [6.07, 6.45) is 9.37. The van der Waals surface area contributed by atoms with Crippen molar-refractivity contribution in [3.8, 4) is 11.5 Å². The van der Waals surface area contributed by atoms with Gasteiger partial charge in [0.2, 0.25) is 0 Å². The Balaban J connectivity index is 1.60. The lowest BCUT2D eigenvalue weighted by Gasteiger charge is -2.70. The molecule has 5 heteroatoms. The number of carbonyl (C=O) groups excluding carboxylic acids is 1. The summed E-state index contributed by atoms with van der Waals surface area (Å²) in [4.78, 5) is 15.4. The Kier molecular flexibility index (Phi) is 4.06. The summed E-state index contributed by atoms with van der Waals surface area (Å²) in [5.41, 5.74) is 1.75. The zero-order valence-electron chi connectivity index (χ0n) is 19.1. The minimum atomic E-state index is -0.720. The summed E-state index contributed by atoms with van der Waals surface area (Å²) in [5, 5.41) is 0. The largest absolute Gasteiger partial charge is 0.490 e. The number of benzene rings is 1. The highest BCUT2D eigenvalue weighted by Crippen LogP contribution is 2.74. The van der Waals surface area contributed by atoms with E-state index in [1.807, 2.05) is 0 Å². The topological polar surface area (TPSA) is 48.0 Å². The van der Waals surface area contributed by atoms with Gasteiger partial charge in [0.1, 0.15) is 17.5 Å². The van der Waals surface area contributed by atoms with Crippen molar-refractivity contribution in [2.24, 2.45) is 11.3 Å². The Hall–Kier alpha value is -1.85. The number of ether oxygens (including phenoxy) is 3. The molecule has 1 aromatic rings. The molecule has 1 aromatic carbocycles. The predicted molar refractivity (Wildman–Crippen MR) is 118 cm³/mol. The first-order chi connectivity index (χ1) is 14.9. The van der Waals surface area contributed by atoms with Crippen molar-refractivity contribution in [3.05, 3.63) is 35.4 Å². The van der Waals surface area contributed by atoms with Crippen molar-refractivity contribution in [1.82, 2.24) is 4.90 Å². The van der Waals surface area contributed by atoms with Crippen molar-refractivity contribution in [3.63, 3.8) is 0 Å². The molecule has 0 aromatic heterocycles. The van der Waals surface area contributed by atoms with Crippen molar-refractivity contribution in [1.29, 1.82) is 0 Å². The van der Waals surface area contributed by atoms with Crippen LogP contribution < -0.4 is 9.47 Å². The first-order valence-electron chi connectivity index (χ1n) is 11.9. The van der Waals surface area contributed by atoms with Crippen LogP contribution in [-0.4, -0.2) is 55.7 Å². The number of Topliss-reactive ketones (excluding diaryl/α,β-unsaturated/α-hetero) is 1. The van der Waals surface area contributed by atoms with Crippen LogP contribution in [0.15, 0.2) is 24.3 Å². The van der Waals surface area contributed by atoms with Crippen LogP contribution in [0, 0.1) is 11.3 Å². The third kappa shape index (κ3) is 2.08. The van der Waals surface area contributed by atoms with Gasteiger partial charge in [0.05, 0.1) is 17.9 Å². The van der Waals surface area contributed by atoms with Crippen LogP contribution in [0.2, 0.25) is 0 Å². The van der Waals surface area contributed by atoms with Gasteiger partial charge in [-0.2, -0.15) is 0 Å². The number of nitrogens with zero attached hydrogens (tertiary/aromatic N) is 1. The second kappa shape index (κ2) is 6.35. The summed E-state index contributed by atoms with van der Waals surface area (Å²) in [6.45, 7) is 5.63. The average molecular weight is 424 g/mol. The van der Waals surface area contributed by atoms with Gasteiger partial charge in [-0.05, 0) is 57.8 Å².